The quantitative estimate of drug-likeness (QED) is 0.912. The fourth-order valence-corrected chi connectivity index (χ4v) is 2.94. The van der Waals surface area contributed by atoms with Crippen LogP contribution < -0.4 is 5.32 Å². The lowest BCUT2D eigenvalue weighted by Gasteiger charge is -2.19. The van der Waals surface area contributed by atoms with Gasteiger partial charge in [0.25, 0.3) is 0 Å². The molecule has 0 aliphatic rings. The highest BCUT2D eigenvalue weighted by molar-refractivity contribution is 6.30. The fraction of sp³-hybridized carbons (Fsp3) is 0.438. The highest BCUT2D eigenvalue weighted by Gasteiger charge is 2.21. The number of rotatable bonds is 5. The number of halogens is 2. The Kier molecular flexibility index (Phi) is 5.01. The van der Waals surface area contributed by atoms with Crippen LogP contribution in [0.4, 0.5) is 4.39 Å². The van der Waals surface area contributed by atoms with Gasteiger partial charge in [0.2, 0.25) is 0 Å². The molecule has 3 nitrogen and oxygen atoms in total. The van der Waals surface area contributed by atoms with Crippen molar-refractivity contribution in [3.05, 3.63) is 51.6 Å². The normalized spacial score (nSPS) is 12.7. The molecule has 0 saturated heterocycles. The molecule has 1 unspecified atom stereocenters. The molecule has 5 heteroatoms. The van der Waals surface area contributed by atoms with Crippen LogP contribution in [0.25, 0.3) is 0 Å². The van der Waals surface area contributed by atoms with Gasteiger partial charge in [-0.05, 0) is 38.4 Å². The lowest BCUT2D eigenvalue weighted by molar-refractivity contribution is 0.524. The predicted molar refractivity (Wildman–Crippen MR) is 84.2 cm³/mol. The number of hydrogen-bond donors (Lipinski definition) is 1. The molecule has 0 saturated carbocycles. The van der Waals surface area contributed by atoms with Crippen molar-refractivity contribution in [3.63, 3.8) is 0 Å². The summed E-state index contributed by atoms with van der Waals surface area (Å²) in [7, 11) is 1.93. The molecule has 1 N–H and O–H groups in total. The zero-order valence-electron chi connectivity index (χ0n) is 12.9. The first-order chi connectivity index (χ1) is 9.95. The molecule has 114 valence electrons. The van der Waals surface area contributed by atoms with Crippen LogP contribution in [-0.4, -0.2) is 16.3 Å². The lowest BCUT2D eigenvalue weighted by Crippen LogP contribution is -2.24. The molecule has 2 aromatic rings. The largest absolute Gasteiger partial charge is 0.310 e. The molecule has 1 aromatic heterocycles. The van der Waals surface area contributed by atoms with E-state index < -0.39 is 0 Å². The van der Waals surface area contributed by atoms with E-state index in [9.17, 15) is 4.39 Å². The zero-order chi connectivity index (χ0) is 15.6. The number of hydrogen-bond acceptors (Lipinski definition) is 2. The second-order valence-electron chi connectivity index (χ2n) is 5.24. The van der Waals surface area contributed by atoms with E-state index in [2.05, 4.69) is 10.4 Å². The van der Waals surface area contributed by atoms with Crippen LogP contribution in [0.15, 0.2) is 18.2 Å². The van der Waals surface area contributed by atoms with Gasteiger partial charge in [0.1, 0.15) is 5.82 Å². The van der Waals surface area contributed by atoms with Gasteiger partial charge in [0.15, 0.2) is 0 Å². The topological polar surface area (TPSA) is 29.9 Å². The van der Waals surface area contributed by atoms with Crippen molar-refractivity contribution >= 4 is 11.6 Å². The number of nitrogens with one attached hydrogen (secondary N) is 1. The van der Waals surface area contributed by atoms with Crippen molar-refractivity contribution in [2.24, 2.45) is 7.05 Å². The van der Waals surface area contributed by atoms with Gasteiger partial charge in [-0.1, -0.05) is 30.7 Å². The molecule has 0 radical (unpaired) electrons. The Balaban J connectivity index is 2.38. The molecule has 1 atom stereocenters. The lowest BCUT2D eigenvalue weighted by atomic mass is 9.97. The van der Waals surface area contributed by atoms with Crippen LogP contribution in [0.2, 0.25) is 5.02 Å². The second kappa shape index (κ2) is 6.58. The van der Waals surface area contributed by atoms with Gasteiger partial charge >= 0.3 is 0 Å². The molecule has 2 rings (SSSR count). The first kappa shape index (κ1) is 16.0. The maximum Gasteiger partial charge on any atom is 0.145 e. The average Bonchev–Trinajstić information content (AvgIpc) is 2.68. The van der Waals surface area contributed by atoms with Crippen LogP contribution in [0.3, 0.4) is 0 Å². The number of benzene rings is 1. The molecular weight excluding hydrogens is 289 g/mol. The summed E-state index contributed by atoms with van der Waals surface area (Å²) < 4.78 is 16.0. The SMILES string of the molecule is CCNC(Cc1cccc(Cl)c1F)c1c(C)nn(C)c1C. The summed E-state index contributed by atoms with van der Waals surface area (Å²) in [5.74, 6) is -0.332. The Bertz CT molecular complexity index is 637. The molecule has 0 amide bonds. The van der Waals surface area contributed by atoms with E-state index in [0.29, 0.717) is 12.0 Å². The van der Waals surface area contributed by atoms with Gasteiger partial charge < -0.3 is 5.32 Å². The van der Waals surface area contributed by atoms with Crippen molar-refractivity contribution in [1.29, 1.82) is 0 Å². The zero-order valence-corrected chi connectivity index (χ0v) is 13.6. The van der Waals surface area contributed by atoms with E-state index in [1.807, 2.05) is 32.5 Å². The summed E-state index contributed by atoms with van der Waals surface area (Å²) in [5.41, 5.74) is 3.83. The summed E-state index contributed by atoms with van der Waals surface area (Å²) in [4.78, 5) is 0. The molecule has 0 spiro atoms. The van der Waals surface area contributed by atoms with Crippen molar-refractivity contribution in [3.8, 4) is 0 Å². The van der Waals surface area contributed by atoms with Gasteiger partial charge in [-0.2, -0.15) is 5.10 Å². The Morgan fingerprint density at radius 3 is 2.67 bits per heavy atom. The third-order valence-corrected chi connectivity index (χ3v) is 4.11. The van der Waals surface area contributed by atoms with Crippen LogP contribution in [0.1, 0.15) is 35.5 Å². The van der Waals surface area contributed by atoms with E-state index in [1.165, 1.54) is 0 Å². The number of aromatic nitrogens is 2. The minimum Gasteiger partial charge on any atom is -0.310 e. The Labute approximate surface area is 130 Å². The first-order valence-corrected chi connectivity index (χ1v) is 7.49. The molecule has 1 heterocycles. The van der Waals surface area contributed by atoms with Gasteiger partial charge in [-0.15, -0.1) is 0 Å². The van der Waals surface area contributed by atoms with E-state index in [-0.39, 0.29) is 16.9 Å². The third kappa shape index (κ3) is 3.27. The van der Waals surface area contributed by atoms with Crippen molar-refractivity contribution in [2.75, 3.05) is 6.54 Å². The maximum atomic E-state index is 14.1. The molecule has 0 bridgehead atoms. The van der Waals surface area contributed by atoms with Crippen LogP contribution in [0.5, 0.6) is 0 Å². The monoisotopic (exact) mass is 309 g/mol. The number of likely N-dealkylation sites (N-methyl/N-ethyl adjacent to an activating group) is 1. The molecule has 1 aromatic carbocycles. The number of aryl methyl sites for hydroxylation is 2. The van der Waals surface area contributed by atoms with Crippen LogP contribution in [-0.2, 0) is 13.5 Å². The standard InChI is InChI=1S/C16H21ClFN3/c1-5-19-14(15-10(2)20-21(4)11(15)3)9-12-7-6-8-13(17)16(12)18/h6-8,14,19H,5,9H2,1-4H3. The molecule has 21 heavy (non-hydrogen) atoms. The highest BCUT2D eigenvalue weighted by atomic mass is 35.5. The van der Waals surface area contributed by atoms with Crippen molar-refractivity contribution in [1.82, 2.24) is 15.1 Å². The fourth-order valence-electron chi connectivity index (χ4n) is 2.74. The average molecular weight is 310 g/mol. The van der Waals surface area contributed by atoms with Crippen LogP contribution >= 0.6 is 11.6 Å². The summed E-state index contributed by atoms with van der Waals surface area (Å²) in [6, 6.07) is 5.17. The first-order valence-electron chi connectivity index (χ1n) is 7.12. The molecule has 0 aliphatic carbocycles. The summed E-state index contributed by atoms with van der Waals surface area (Å²) >= 11 is 5.88. The van der Waals surface area contributed by atoms with Crippen molar-refractivity contribution in [2.45, 2.75) is 33.2 Å². The van der Waals surface area contributed by atoms with E-state index in [4.69, 9.17) is 11.6 Å². The summed E-state index contributed by atoms with van der Waals surface area (Å²) in [6.45, 7) is 6.87. The minimum absolute atomic E-state index is 0.0247. The van der Waals surface area contributed by atoms with Gasteiger partial charge in [0, 0.05) is 24.3 Å². The van der Waals surface area contributed by atoms with Crippen molar-refractivity contribution < 1.29 is 4.39 Å². The third-order valence-electron chi connectivity index (χ3n) is 3.82. The second-order valence-corrected chi connectivity index (χ2v) is 5.64. The smallest absolute Gasteiger partial charge is 0.145 e. The summed E-state index contributed by atoms with van der Waals surface area (Å²) in [5, 5.41) is 8.05. The minimum atomic E-state index is -0.332. The summed E-state index contributed by atoms with van der Waals surface area (Å²) in [6.07, 6.45) is 0.549. The Morgan fingerprint density at radius 2 is 2.10 bits per heavy atom. The maximum absolute atomic E-state index is 14.1. The Hall–Kier alpha value is -1.39. The molecule has 0 aliphatic heterocycles. The predicted octanol–water partition coefficient (Wildman–Crippen LogP) is 3.72. The van der Waals surface area contributed by atoms with Crippen LogP contribution in [0, 0.1) is 19.7 Å². The van der Waals surface area contributed by atoms with Gasteiger partial charge in [-0.25, -0.2) is 4.39 Å². The highest BCUT2D eigenvalue weighted by Crippen LogP contribution is 2.27. The van der Waals surface area contributed by atoms with Gasteiger partial charge in [0.05, 0.1) is 10.7 Å². The van der Waals surface area contributed by atoms with Gasteiger partial charge in [-0.3, -0.25) is 4.68 Å². The van der Waals surface area contributed by atoms with E-state index in [1.54, 1.807) is 18.2 Å². The number of nitrogens with zero attached hydrogens (tertiary/aromatic N) is 2. The van der Waals surface area contributed by atoms with E-state index >= 15 is 0 Å². The molecule has 0 fully saturated rings. The van der Waals surface area contributed by atoms with E-state index in [0.717, 1.165) is 23.5 Å². The Morgan fingerprint density at radius 1 is 1.38 bits per heavy atom. The molecular formula is C16H21ClFN3.